The third kappa shape index (κ3) is 4.14. The molecule has 2 N–H and O–H groups in total. The number of aromatic amines is 1. The van der Waals surface area contributed by atoms with Crippen LogP contribution in [0.1, 0.15) is 36.2 Å². The summed E-state index contributed by atoms with van der Waals surface area (Å²) in [6.07, 6.45) is 5.16. The zero-order valence-electron chi connectivity index (χ0n) is 11.9. The normalized spacial score (nSPS) is 17.9. The lowest BCUT2D eigenvalue weighted by Crippen LogP contribution is -2.29. The lowest BCUT2D eigenvalue weighted by Gasteiger charge is -2.18. The summed E-state index contributed by atoms with van der Waals surface area (Å²) in [5, 5.41) is 3.46. The summed E-state index contributed by atoms with van der Waals surface area (Å²) in [6.45, 7) is 10.4. The molecule has 1 aromatic heterocycles. The first-order valence-electron chi connectivity index (χ1n) is 7.34. The molecule has 1 aromatic rings. The Bertz CT molecular complexity index is 349. The molecule has 3 nitrogen and oxygen atoms in total. The molecule has 0 saturated carbocycles. The largest absolute Gasteiger partial charge is 0.362 e. The van der Waals surface area contributed by atoms with Crippen LogP contribution in [0.5, 0.6) is 0 Å². The van der Waals surface area contributed by atoms with Gasteiger partial charge in [0, 0.05) is 24.5 Å². The molecule has 0 bridgehead atoms. The average molecular weight is 249 g/mol. The van der Waals surface area contributed by atoms with Gasteiger partial charge in [-0.1, -0.05) is 0 Å². The van der Waals surface area contributed by atoms with Gasteiger partial charge in [-0.3, -0.25) is 0 Å². The minimum Gasteiger partial charge on any atom is -0.362 e. The molecule has 0 radical (unpaired) electrons. The third-order valence-electron chi connectivity index (χ3n) is 3.86. The van der Waals surface area contributed by atoms with Gasteiger partial charge in [0.2, 0.25) is 0 Å². The first-order chi connectivity index (χ1) is 8.75. The van der Waals surface area contributed by atoms with Crippen LogP contribution in [0.3, 0.4) is 0 Å². The second-order valence-corrected chi connectivity index (χ2v) is 5.50. The Morgan fingerprint density at radius 3 is 2.83 bits per heavy atom. The number of nitrogens with zero attached hydrogens (tertiary/aromatic N) is 1. The van der Waals surface area contributed by atoms with Gasteiger partial charge in [0.25, 0.3) is 0 Å². The maximum atomic E-state index is 3.46. The Kier molecular flexibility index (Phi) is 5.26. The lowest BCUT2D eigenvalue weighted by molar-refractivity contribution is 0.286. The van der Waals surface area contributed by atoms with Crippen LogP contribution in [0.2, 0.25) is 0 Å². The molecular weight excluding hydrogens is 222 g/mol. The van der Waals surface area contributed by atoms with Crippen molar-refractivity contribution in [3.05, 3.63) is 23.0 Å². The fourth-order valence-corrected chi connectivity index (χ4v) is 2.82. The van der Waals surface area contributed by atoms with E-state index in [0.717, 1.165) is 6.54 Å². The smallest absolute Gasteiger partial charge is 0.0150 e. The lowest BCUT2D eigenvalue weighted by atomic mass is 10.1. The minimum atomic E-state index is 1.16. The molecule has 0 amide bonds. The first kappa shape index (κ1) is 13.6. The molecule has 0 aromatic carbocycles. The zero-order valence-corrected chi connectivity index (χ0v) is 11.9. The summed E-state index contributed by atoms with van der Waals surface area (Å²) < 4.78 is 0. The van der Waals surface area contributed by atoms with Crippen molar-refractivity contribution in [3.8, 4) is 0 Å². The van der Waals surface area contributed by atoms with Crippen LogP contribution in [0, 0.1) is 13.8 Å². The maximum Gasteiger partial charge on any atom is 0.0150 e. The van der Waals surface area contributed by atoms with Crippen molar-refractivity contribution in [2.75, 3.05) is 32.7 Å². The highest BCUT2D eigenvalue weighted by Gasteiger charge is 2.08. The summed E-state index contributed by atoms with van der Waals surface area (Å²) >= 11 is 0. The van der Waals surface area contributed by atoms with Crippen molar-refractivity contribution >= 4 is 0 Å². The van der Waals surface area contributed by atoms with E-state index >= 15 is 0 Å². The van der Waals surface area contributed by atoms with Gasteiger partial charge in [-0.05, 0) is 70.8 Å². The molecule has 0 aliphatic carbocycles. The number of aromatic nitrogens is 1. The van der Waals surface area contributed by atoms with Gasteiger partial charge in [-0.15, -0.1) is 0 Å². The second kappa shape index (κ2) is 6.95. The molecule has 2 rings (SSSR count). The van der Waals surface area contributed by atoms with E-state index in [1.165, 1.54) is 68.8 Å². The van der Waals surface area contributed by atoms with Crippen LogP contribution < -0.4 is 5.32 Å². The highest BCUT2D eigenvalue weighted by atomic mass is 15.1. The molecular formula is C15H27N3. The van der Waals surface area contributed by atoms with Crippen molar-refractivity contribution < 1.29 is 0 Å². The number of hydrogen-bond donors (Lipinski definition) is 2. The number of H-pyrrole nitrogens is 1. The molecule has 0 spiro atoms. The minimum absolute atomic E-state index is 1.16. The maximum absolute atomic E-state index is 3.46. The van der Waals surface area contributed by atoms with Crippen LogP contribution in [-0.4, -0.2) is 42.6 Å². The van der Waals surface area contributed by atoms with Crippen LogP contribution in [0.4, 0.5) is 0 Å². The number of nitrogens with one attached hydrogen (secondary N) is 2. The molecule has 1 aliphatic heterocycles. The number of hydrogen-bond acceptors (Lipinski definition) is 2. The van der Waals surface area contributed by atoms with Crippen molar-refractivity contribution in [2.24, 2.45) is 0 Å². The SMILES string of the molecule is Cc1cc(CCCCN2CCCNCC2)c(C)[nH]1. The van der Waals surface area contributed by atoms with E-state index in [4.69, 9.17) is 0 Å². The molecule has 18 heavy (non-hydrogen) atoms. The Morgan fingerprint density at radius 1 is 1.17 bits per heavy atom. The Labute approximate surface area is 111 Å². The first-order valence-corrected chi connectivity index (χ1v) is 7.34. The van der Waals surface area contributed by atoms with E-state index in [1.807, 2.05) is 0 Å². The van der Waals surface area contributed by atoms with Gasteiger partial charge in [0.15, 0.2) is 0 Å². The molecule has 0 unspecified atom stereocenters. The van der Waals surface area contributed by atoms with E-state index < -0.39 is 0 Å². The number of aryl methyl sites for hydroxylation is 3. The molecule has 3 heteroatoms. The predicted molar refractivity (Wildman–Crippen MR) is 77.1 cm³/mol. The summed E-state index contributed by atoms with van der Waals surface area (Å²) in [7, 11) is 0. The van der Waals surface area contributed by atoms with Crippen LogP contribution >= 0.6 is 0 Å². The van der Waals surface area contributed by atoms with Gasteiger partial charge in [-0.2, -0.15) is 0 Å². The molecule has 1 aliphatic rings. The monoisotopic (exact) mass is 249 g/mol. The number of unbranched alkanes of at least 4 members (excludes halogenated alkanes) is 1. The quantitative estimate of drug-likeness (QED) is 0.784. The predicted octanol–water partition coefficient (Wildman–Crippen LogP) is 2.25. The Morgan fingerprint density at radius 2 is 2.06 bits per heavy atom. The van der Waals surface area contributed by atoms with Gasteiger partial charge in [0.05, 0.1) is 0 Å². The van der Waals surface area contributed by atoms with Crippen molar-refractivity contribution in [1.29, 1.82) is 0 Å². The summed E-state index contributed by atoms with van der Waals surface area (Å²) in [6, 6.07) is 2.30. The molecule has 2 heterocycles. The van der Waals surface area contributed by atoms with E-state index in [-0.39, 0.29) is 0 Å². The van der Waals surface area contributed by atoms with Crippen LogP contribution in [-0.2, 0) is 6.42 Å². The highest BCUT2D eigenvalue weighted by Crippen LogP contribution is 2.12. The fraction of sp³-hybridized carbons (Fsp3) is 0.733. The van der Waals surface area contributed by atoms with E-state index in [1.54, 1.807) is 0 Å². The van der Waals surface area contributed by atoms with E-state index in [0.29, 0.717) is 0 Å². The zero-order chi connectivity index (χ0) is 12.8. The summed E-state index contributed by atoms with van der Waals surface area (Å²) in [5.74, 6) is 0. The molecule has 1 saturated heterocycles. The van der Waals surface area contributed by atoms with Crippen molar-refractivity contribution in [1.82, 2.24) is 15.2 Å². The molecule has 1 fully saturated rings. The van der Waals surface area contributed by atoms with Crippen molar-refractivity contribution in [2.45, 2.75) is 39.5 Å². The van der Waals surface area contributed by atoms with Gasteiger partial charge in [-0.25, -0.2) is 0 Å². The van der Waals surface area contributed by atoms with Gasteiger partial charge < -0.3 is 15.2 Å². The topological polar surface area (TPSA) is 31.1 Å². The number of rotatable bonds is 5. The third-order valence-corrected chi connectivity index (χ3v) is 3.86. The van der Waals surface area contributed by atoms with E-state index in [9.17, 15) is 0 Å². The van der Waals surface area contributed by atoms with E-state index in [2.05, 4.69) is 35.1 Å². The second-order valence-electron chi connectivity index (χ2n) is 5.50. The highest BCUT2D eigenvalue weighted by molar-refractivity contribution is 5.24. The fourth-order valence-electron chi connectivity index (χ4n) is 2.82. The van der Waals surface area contributed by atoms with Crippen LogP contribution in [0.15, 0.2) is 6.07 Å². The molecule has 102 valence electrons. The summed E-state index contributed by atoms with van der Waals surface area (Å²) in [4.78, 5) is 5.99. The van der Waals surface area contributed by atoms with Gasteiger partial charge in [0.1, 0.15) is 0 Å². The average Bonchev–Trinajstić information content (AvgIpc) is 2.57. The van der Waals surface area contributed by atoms with Crippen LogP contribution in [0.25, 0.3) is 0 Å². The van der Waals surface area contributed by atoms with Crippen molar-refractivity contribution in [3.63, 3.8) is 0 Å². The standard InChI is InChI=1S/C15H27N3/c1-13-12-15(14(2)17-13)6-3-4-9-18-10-5-7-16-8-11-18/h12,16-17H,3-11H2,1-2H3. The molecule has 0 atom stereocenters. The Hall–Kier alpha value is -0.800. The summed E-state index contributed by atoms with van der Waals surface area (Å²) in [5.41, 5.74) is 4.15. The van der Waals surface area contributed by atoms with Gasteiger partial charge >= 0.3 is 0 Å². The Balaban J connectivity index is 1.64.